The average molecular weight is 468 g/mol. The number of nitrogens with zero attached hydrogens (tertiary/aromatic N) is 4. The van der Waals surface area contributed by atoms with Gasteiger partial charge in [-0.05, 0) is 70.0 Å². The highest BCUT2D eigenvalue weighted by atomic mass is 16.3. The first kappa shape index (κ1) is 25.5. The third-order valence-electron chi connectivity index (χ3n) is 8.01. The van der Waals surface area contributed by atoms with Crippen molar-refractivity contribution in [2.75, 3.05) is 39.3 Å². The van der Waals surface area contributed by atoms with Crippen molar-refractivity contribution in [2.24, 2.45) is 4.99 Å². The number of aliphatic hydroxyl groups excluding tert-OH is 1. The number of likely N-dealkylation sites (tertiary alicyclic amines) is 1. The summed E-state index contributed by atoms with van der Waals surface area (Å²) in [5.74, 6) is 0. The van der Waals surface area contributed by atoms with E-state index in [1.165, 1.54) is 37.1 Å². The summed E-state index contributed by atoms with van der Waals surface area (Å²) in [5, 5.41) is 14.3. The number of rotatable bonds is 8. The van der Waals surface area contributed by atoms with Crippen LogP contribution in [0.25, 0.3) is 0 Å². The fourth-order valence-corrected chi connectivity index (χ4v) is 5.91. The molecule has 0 radical (unpaired) electrons. The molecule has 0 aromatic heterocycles. The van der Waals surface area contributed by atoms with E-state index in [1.807, 2.05) is 12.3 Å². The fourth-order valence-electron chi connectivity index (χ4n) is 5.91. The molecule has 0 spiro atoms. The van der Waals surface area contributed by atoms with E-state index in [0.29, 0.717) is 12.1 Å². The molecule has 0 aliphatic carbocycles. The number of aryl methyl sites for hydroxylation is 1. The first-order valence-corrected chi connectivity index (χ1v) is 13.4. The fraction of sp³-hybridized carbons (Fsp3) is 0.679. The zero-order chi connectivity index (χ0) is 24.1. The van der Waals surface area contributed by atoms with E-state index < -0.39 is 6.10 Å². The maximum absolute atomic E-state index is 10.9. The van der Waals surface area contributed by atoms with E-state index in [2.05, 4.69) is 72.0 Å². The molecule has 2 fully saturated rings. The lowest BCUT2D eigenvalue weighted by Gasteiger charge is -2.49. The van der Waals surface area contributed by atoms with Gasteiger partial charge in [0, 0.05) is 50.5 Å². The Labute approximate surface area is 206 Å². The van der Waals surface area contributed by atoms with Crippen LogP contribution in [0.15, 0.2) is 40.9 Å². The monoisotopic (exact) mass is 467 g/mol. The molecule has 188 valence electrons. The summed E-state index contributed by atoms with van der Waals surface area (Å²) in [5.41, 5.74) is 3.85. The van der Waals surface area contributed by atoms with Gasteiger partial charge in [0.05, 0.1) is 0 Å². The van der Waals surface area contributed by atoms with E-state index in [1.54, 1.807) is 0 Å². The van der Waals surface area contributed by atoms with Gasteiger partial charge in [-0.25, -0.2) is 0 Å². The maximum Gasteiger partial charge on any atom is 0.132 e. The quantitative estimate of drug-likeness (QED) is 0.616. The molecule has 4 unspecified atom stereocenters. The SMILES string of the molecule is CCNC(C)C1=CC(O)C(N2CCN(C3CCN(Cc4ccc(C)cc4)CC3)C(CC)C2)N=C1. The summed E-state index contributed by atoms with van der Waals surface area (Å²) in [7, 11) is 0. The predicted molar refractivity (Wildman–Crippen MR) is 141 cm³/mol. The minimum absolute atomic E-state index is 0.148. The van der Waals surface area contributed by atoms with Gasteiger partial charge in [-0.1, -0.05) is 43.7 Å². The van der Waals surface area contributed by atoms with Crippen LogP contribution in [0, 0.1) is 6.92 Å². The summed E-state index contributed by atoms with van der Waals surface area (Å²) in [4.78, 5) is 12.6. The van der Waals surface area contributed by atoms with E-state index >= 15 is 0 Å². The van der Waals surface area contributed by atoms with Crippen molar-refractivity contribution in [3.8, 4) is 0 Å². The molecule has 3 aliphatic rings. The number of aliphatic imine (C=N–C) groups is 1. The number of piperidine rings is 1. The van der Waals surface area contributed by atoms with Gasteiger partial charge in [0.2, 0.25) is 0 Å². The highest BCUT2D eigenvalue weighted by Gasteiger charge is 2.37. The summed E-state index contributed by atoms with van der Waals surface area (Å²) < 4.78 is 0. The van der Waals surface area contributed by atoms with Gasteiger partial charge in [0.25, 0.3) is 0 Å². The van der Waals surface area contributed by atoms with E-state index in [9.17, 15) is 5.11 Å². The highest BCUT2D eigenvalue weighted by molar-refractivity contribution is 5.81. The van der Waals surface area contributed by atoms with Crippen molar-refractivity contribution in [3.63, 3.8) is 0 Å². The van der Waals surface area contributed by atoms with Gasteiger partial charge in [0.1, 0.15) is 12.3 Å². The maximum atomic E-state index is 10.9. The molecule has 0 amide bonds. The largest absolute Gasteiger partial charge is 0.385 e. The van der Waals surface area contributed by atoms with Gasteiger partial charge < -0.3 is 10.4 Å². The van der Waals surface area contributed by atoms with Crippen molar-refractivity contribution in [1.29, 1.82) is 0 Å². The van der Waals surface area contributed by atoms with Crippen LogP contribution in [-0.4, -0.2) is 95.7 Å². The second kappa shape index (κ2) is 11.9. The standard InChI is InChI=1S/C28H45N5O/c1-5-25-20-32(28-27(34)17-24(18-30-28)22(4)29-6-2)15-16-33(25)26-11-13-31(14-12-26)19-23-9-7-21(3)8-10-23/h7-10,17-18,22,25-29,34H,5-6,11-16,19-20H2,1-4H3. The van der Waals surface area contributed by atoms with Gasteiger partial charge in [0.15, 0.2) is 0 Å². The Morgan fingerprint density at radius 2 is 1.82 bits per heavy atom. The predicted octanol–water partition coefficient (Wildman–Crippen LogP) is 3.05. The van der Waals surface area contributed by atoms with Crippen molar-refractivity contribution in [3.05, 3.63) is 47.0 Å². The molecule has 3 aliphatic heterocycles. The Kier molecular flexibility index (Phi) is 8.94. The molecule has 6 heteroatoms. The lowest BCUT2D eigenvalue weighted by Crippen LogP contribution is -2.61. The van der Waals surface area contributed by atoms with Crippen LogP contribution in [0.3, 0.4) is 0 Å². The van der Waals surface area contributed by atoms with Crippen molar-refractivity contribution in [1.82, 2.24) is 20.0 Å². The Hall–Kier alpha value is -1.57. The molecule has 6 nitrogen and oxygen atoms in total. The third-order valence-corrected chi connectivity index (χ3v) is 8.01. The molecule has 2 N–H and O–H groups in total. The number of aliphatic hydroxyl groups is 1. The second-order valence-corrected chi connectivity index (χ2v) is 10.4. The van der Waals surface area contributed by atoms with Crippen molar-refractivity contribution < 1.29 is 5.11 Å². The van der Waals surface area contributed by atoms with Crippen molar-refractivity contribution in [2.45, 2.75) is 83.9 Å². The topological polar surface area (TPSA) is 54.3 Å². The zero-order valence-corrected chi connectivity index (χ0v) is 21.7. The molecule has 0 saturated carbocycles. The number of benzene rings is 1. The molecule has 4 atom stereocenters. The minimum Gasteiger partial charge on any atom is -0.385 e. The molecule has 34 heavy (non-hydrogen) atoms. The first-order valence-electron chi connectivity index (χ1n) is 13.4. The van der Waals surface area contributed by atoms with Crippen LogP contribution < -0.4 is 5.32 Å². The molecular formula is C28H45N5O. The molecule has 2 saturated heterocycles. The Morgan fingerprint density at radius 3 is 2.47 bits per heavy atom. The molecule has 0 bridgehead atoms. The van der Waals surface area contributed by atoms with E-state index in [-0.39, 0.29) is 12.2 Å². The van der Waals surface area contributed by atoms with Crippen LogP contribution in [0.4, 0.5) is 0 Å². The van der Waals surface area contributed by atoms with E-state index in [4.69, 9.17) is 4.99 Å². The average Bonchev–Trinajstić information content (AvgIpc) is 2.85. The highest BCUT2D eigenvalue weighted by Crippen LogP contribution is 2.27. The smallest absolute Gasteiger partial charge is 0.132 e. The van der Waals surface area contributed by atoms with Gasteiger partial charge in [-0.15, -0.1) is 0 Å². The number of dihydropyridines is 1. The van der Waals surface area contributed by atoms with Crippen LogP contribution in [0.2, 0.25) is 0 Å². The summed E-state index contributed by atoms with van der Waals surface area (Å²) >= 11 is 0. The van der Waals surface area contributed by atoms with Crippen LogP contribution >= 0.6 is 0 Å². The minimum atomic E-state index is -0.532. The molecule has 1 aromatic rings. The van der Waals surface area contributed by atoms with Crippen LogP contribution in [0.1, 0.15) is 51.2 Å². The van der Waals surface area contributed by atoms with Crippen LogP contribution in [0.5, 0.6) is 0 Å². The molecule has 1 aromatic carbocycles. The number of likely N-dealkylation sites (N-methyl/N-ethyl adjacent to an activating group) is 1. The summed E-state index contributed by atoms with van der Waals surface area (Å²) in [6.45, 7) is 16.1. The number of piperazine rings is 1. The lowest BCUT2D eigenvalue weighted by atomic mass is 9.97. The van der Waals surface area contributed by atoms with Gasteiger partial charge >= 0.3 is 0 Å². The molecule has 3 heterocycles. The summed E-state index contributed by atoms with van der Waals surface area (Å²) in [6, 6.07) is 10.4. The third kappa shape index (κ3) is 6.16. The van der Waals surface area contributed by atoms with Crippen LogP contribution in [-0.2, 0) is 6.54 Å². The summed E-state index contributed by atoms with van der Waals surface area (Å²) in [6.07, 6.45) is 6.94. The van der Waals surface area contributed by atoms with E-state index in [0.717, 1.165) is 44.7 Å². The van der Waals surface area contributed by atoms with Crippen molar-refractivity contribution >= 4 is 6.21 Å². The first-order chi connectivity index (χ1) is 16.5. The Bertz CT molecular complexity index is 830. The Morgan fingerprint density at radius 1 is 1.09 bits per heavy atom. The second-order valence-electron chi connectivity index (χ2n) is 10.4. The van der Waals surface area contributed by atoms with Gasteiger partial charge in [-0.2, -0.15) is 0 Å². The zero-order valence-electron chi connectivity index (χ0n) is 21.7. The van der Waals surface area contributed by atoms with Gasteiger partial charge in [-0.3, -0.25) is 19.7 Å². The molecular weight excluding hydrogens is 422 g/mol. The number of hydrogen-bond acceptors (Lipinski definition) is 6. The number of hydrogen-bond donors (Lipinski definition) is 2. The normalized spacial score (nSPS) is 28.7. The lowest BCUT2D eigenvalue weighted by molar-refractivity contribution is -0.0197. The number of nitrogens with one attached hydrogen (secondary N) is 1. The Balaban J connectivity index is 1.29. The molecule has 4 rings (SSSR count).